The lowest BCUT2D eigenvalue weighted by Crippen LogP contribution is -2.52. The van der Waals surface area contributed by atoms with Crippen LogP contribution < -0.4 is 10.2 Å². The Balaban J connectivity index is 1.22. The molecule has 1 saturated heterocycles. The number of hydrogen-bond acceptors (Lipinski definition) is 5. The zero-order chi connectivity index (χ0) is 19.6. The van der Waals surface area contributed by atoms with Crippen molar-refractivity contribution in [1.82, 2.24) is 15.2 Å². The largest absolute Gasteiger partial charge is 0.506 e. The summed E-state index contributed by atoms with van der Waals surface area (Å²) in [5.74, 6) is 3.00. The molecular formula is C22H34N4O2. The second-order valence-corrected chi connectivity index (χ2v) is 9.35. The number of hydrogen-bond donors (Lipinski definition) is 2. The number of aromatic hydroxyl groups is 1. The molecule has 2 heterocycles. The van der Waals surface area contributed by atoms with E-state index in [1.54, 1.807) is 6.07 Å². The number of pyridine rings is 1. The molecule has 2 saturated carbocycles. The summed E-state index contributed by atoms with van der Waals surface area (Å²) >= 11 is 0. The minimum Gasteiger partial charge on any atom is -0.506 e. The lowest BCUT2D eigenvalue weighted by Gasteiger charge is -2.48. The third-order valence-corrected chi connectivity index (χ3v) is 7.02. The zero-order valence-electron chi connectivity index (χ0n) is 17.1. The van der Waals surface area contributed by atoms with Crippen LogP contribution in [-0.4, -0.2) is 60.2 Å². The number of anilines is 1. The fourth-order valence-corrected chi connectivity index (χ4v) is 5.89. The summed E-state index contributed by atoms with van der Waals surface area (Å²) in [6, 6.07) is 3.49. The molecule has 154 valence electrons. The number of carbonyl (C=O) groups is 1. The van der Waals surface area contributed by atoms with Crippen LogP contribution in [-0.2, 0) is 4.79 Å². The van der Waals surface area contributed by atoms with Gasteiger partial charge in [-0.15, -0.1) is 0 Å². The molecule has 0 spiro atoms. The first kappa shape index (κ1) is 19.5. The van der Waals surface area contributed by atoms with Crippen LogP contribution in [0.2, 0.25) is 0 Å². The highest BCUT2D eigenvalue weighted by atomic mass is 16.3. The van der Waals surface area contributed by atoms with Gasteiger partial charge in [0.15, 0.2) is 0 Å². The Bertz CT molecular complexity index is 668. The molecule has 3 aliphatic rings. The number of piperazine rings is 1. The smallest absolute Gasteiger partial charge is 0.236 e. The van der Waals surface area contributed by atoms with Crippen LogP contribution in [0.1, 0.15) is 45.4 Å². The number of nitrogens with zero attached hydrogens (tertiary/aromatic N) is 3. The van der Waals surface area contributed by atoms with Gasteiger partial charge in [0.2, 0.25) is 5.91 Å². The summed E-state index contributed by atoms with van der Waals surface area (Å²) in [6.07, 6.45) is 9.65. The molecule has 2 aliphatic carbocycles. The first-order chi connectivity index (χ1) is 13.5. The SMILES string of the molecule is CC1CC2CCCC(CNCC(=O)N3CCN(c4ccc(O)cn4)CC3)(C1)C2. The molecule has 6 heteroatoms. The lowest BCUT2D eigenvalue weighted by atomic mass is 9.59. The van der Waals surface area contributed by atoms with Gasteiger partial charge in [-0.2, -0.15) is 0 Å². The number of nitrogens with one attached hydrogen (secondary N) is 1. The van der Waals surface area contributed by atoms with Crippen molar-refractivity contribution >= 4 is 11.7 Å². The molecule has 2 bridgehead atoms. The molecule has 28 heavy (non-hydrogen) atoms. The van der Waals surface area contributed by atoms with Gasteiger partial charge >= 0.3 is 0 Å². The van der Waals surface area contributed by atoms with E-state index in [9.17, 15) is 9.90 Å². The van der Waals surface area contributed by atoms with Crippen molar-refractivity contribution in [3.63, 3.8) is 0 Å². The third kappa shape index (κ3) is 4.43. The molecule has 4 rings (SSSR count). The monoisotopic (exact) mass is 386 g/mol. The highest BCUT2D eigenvalue weighted by Gasteiger charge is 2.41. The van der Waals surface area contributed by atoms with E-state index in [1.165, 1.54) is 44.7 Å². The maximum Gasteiger partial charge on any atom is 0.236 e. The predicted octanol–water partition coefficient (Wildman–Crippen LogP) is 2.63. The number of aromatic nitrogens is 1. The van der Waals surface area contributed by atoms with E-state index in [0.717, 1.165) is 50.4 Å². The Morgan fingerprint density at radius 2 is 2.11 bits per heavy atom. The number of carbonyl (C=O) groups excluding carboxylic acids is 1. The second kappa shape index (κ2) is 8.27. The van der Waals surface area contributed by atoms with Crippen molar-refractivity contribution in [2.45, 2.75) is 45.4 Å². The van der Waals surface area contributed by atoms with Crippen LogP contribution in [0.5, 0.6) is 5.75 Å². The molecule has 1 aromatic rings. The molecular weight excluding hydrogens is 352 g/mol. The van der Waals surface area contributed by atoms with Gasteiger partial charge in [-0.05, 0) is 55.1 Å². The lowest BCUT2D eigenvalue weighted by molar-refractivity contribution is -0.130. The van der Waals surface area contributed by atoms with Gasteiger partial charge in [-0.3, -0.25) is 4.79 Å². The van der Waals surface area contributed by atoms with Crippen LogP contribution in [0.4, 0.5) is 5.82 Å². The summed E-state index contributed by atoms with van der Waals surface area (Å²) < 4.78 is 0. The minimum absolute atomic E-state index is 0.180. The van der Waals surface area contributed by atoms with Crippen LogP contribution in [0.25, 0.3) is 0 Å². The average molecular weight is 387 g/mol. The van der Waals surface area contributed by atoms with Crippen LogP contribution >= 0.6 is 0 Å². The van der Waals surface area contributed by atoms with Crippen molar-refractivity contribution in [3.8, 4) is 5.75 Å². The van der Waals surface area contributed by atoms with Crippen LogP contribution in [0.15, 0.2) is 18.3 Å². The van der Waals surface area contributed by atoms with Gasteiger partial charge < -0.3 is 20.2 Å². The molecule has 3 fully saturated rings. The maximum absolute atomic E-state index is 12.7. The molecule has 3 unspecified atom stereocenters. The molecule has 2 N–H and O–H groups in total. The number of rotatable bonds is 5. The Hall–Kier alpha value is -1.82. The van der Waals surface area contributed by atoms with Gasteiger partial charge in [-0.1, -0.05) is 19.8 Å². The molecule has 1 aliphatic heterocycles. The van der Waals surface area contributed by atoms with E-state index in [-0.39, 0.29) is 11.7 Å². The van der Waals surface area contributed by atoms with Crippen molar-refractivity contribution in [3.05, 3.63) is 18.3 Å². The molecule has 1 amide bonds. The third-order valence-electron chi connectivity index (χ3n) is 7.02. The van der Waals surface area contributed by atoms with Gasteiger partial charge in [0.05, 0.1) is 12.7 Å². The molecule has 3 atom stereocenters. The van der Waals surface area contributed by atoms with E-state index in [1.807, 2.05) is 11.0 Å². The van der Waals surface area contributed by atoms with E-state index >= 15 is 0 Å². The summed E-state index contributed by atoms with van der Waals surface area (Å²) in [5, 5.41) is 12.9. The first-order valence-electron chi connectivity index (χ1n) is 10.9. The van der Waals surface area contributed by atoms with Crippen molar-refractivity contribution in [1.29, 1.82) is 0 Å². The quantitative estimate of drug-likeness (QED) is 0.814. The van der Waals surface area contributed by atoms with Crippen molar-refractivity contribution < 1.29 is 9.90 Å². The highest BCUT2D eigenvalue weighted by Crippen LogP contribution is 2.50. The Morgan fingerprint density at radius 3 is 2.86 bits per heavy atom. The fourth-order valence-electron chi connectivity index (χ4n) is 5.89. The fraction of sp³-hybridized carbons (Fsp3) is 0.727. The molecule has 6 nitrogen and oxygen atoms in total. The Kier molecular flexibility index (Phi) is 5.76. The Morgan fingerprint density at radius 1 is 1.29 bits per heavy atom. The second-order valence-electron chi connectivity index (χ2n) is 9.35. The maximum atomic E-state index is 12.7. The van der Waals surface area contributed by atoms with Crippen LogP contribution in [0.3, 0.4) is 0 Å². The average Bonchev–Trinajstić information content (AvgIpc) is 2.68. The van der Waals surface area contributed by atoms with Crippen LogP contribution in [0, 0.1) is 17.3 Å². The van der Waals surface area contributed by atoms with E-state index < -0.39 is 0 Å². The summed E-state index contributed by atoms with van der Waals surface area (Å²) in [7, 11) is 0. The van der Waals surface area contributed by atoms with Gasteiger partial charge in [0.1, 0.15) is 11.6 Å². The van der Waals surface area contributed by atoms with Crippen molar-refractivity contribution in [2.24, 2.45) is 17.3 Å². The summed E-state index contributed by atoms with van der Waals surface area (Å²) in [5.41, 5.74) is 0.435. The van der Waals surface area contributed by atoms with Gasteiger partial charge in [-0.25, -0.2) is 4.98 Å². The standard InChI is InChI=1S/C22H34N4O2/c1-17-11-18-3-2-6-22(12-17,13-18)16-23-15-21(28)26-9-7-25(8-10-26)20-5-4-19(27)14-24-20/h4-5,14,17-18,23,27H,2-3,6-13,15-16H2,1H3. The van der Waals surface area contributed by atoms with E-state index in [4.69, 9.17) is 0 Å². The van der Waals surface area contributed by atoms with E-state index in [0.29, 0.717) is 12.0 Å². The molecule has 0 radical (unpaired) electrons. The van der Waals surface area contributed by atoms with E-state index in [2.05, 4.69) is 22.1 Å². The van der Waals surface area contributed by atoms with Gasteiger partial charge in [0.25, 0.3) is 0 Å². The predicted molar refractivity (Wildman–Crippen MR) is 110 cm³/mol. The summed E-state index contributed by atoms with van der Waals surface area (Å²) in [6.45, 7) is 6.88. The number of fused-ring (bicyclic) bond motifs is 2. The molecule has 1 aromatic heterocycles. The Labute approximate surface area is 168 Å². The topological polar surface area (TPSA) is 68.7 Å². The summed E-state index contributed by atoms with van der Waals surface area (Å²) in [4.78, 5) is 21.1. The normalized spacial score (nSPS) is 30.3. The first-order valence-corrected chi connectivity index (χ1v) is 10.9. The zero-order valence-corrected chi connectivity index (χ0v) is 17.1. The number of amides is 1. The minimum atomic E-state index is 0.180. The molecule has 0 aromatic carbocycles. The highest BCUT2D eigenvalue weighted by molar-refractivity contribution is 5.78. The van der Waals surface area contributed by atoms with Gasteiger partial charge in [0, 0.05) is 32.7 Å². The van der Waals surface area contributed by atoms with Crippen molar-refractivity contribution in [2.75, 3.05) is 44.2 Å².